The van der Waals surface area contributed by atoms with E-state index in [1.54, 1.807) is 13.8 Å². The standard InChI is InChI=1S/C12H14F2N2O2S/c1-6(2)10(11(17)16-12(15)18)19-7-3-4-8(13)9(14)5-7/h3-6,10H,1-2H3,(H3,15,16,17,18)/t10-/m1/s1. The minimum Gasteiger partial charge on any atom is -0.351 e. The zero-order valence-corrected chi connectivity index (χ0v) is 11.3. The number of rotatable bonds is 4. The lowest BCUT2D eigenvalue weighted by Gasteiger charge is -2.18. The first-order chi connectivity index (χ1) is 8.81. The highest BCUT2D eigenvalue weighted by atomic mass is 32.2. The first-order valence-corrected chi connectivity index (χ1v) is 6.41. The van der Waals surface area contributed by atoms with Crippen LogP contribution < -0.4 is 11.1 Å². The van der Waals surface area contributed by atoms with E-state index >= 15 is 0 Å². The molecule has 3 N–H and O–H groups in total. The van der Waals surface area contributed by atoms with Crippen LogP contribution in [0.1, 0.15) is 13.8 Å². The molecule has 1 aromatic rings. The molecule has 0 radical (unpaired) electrons. The van der Waals surface area contributed by atoms with Crippen molar-refractivity contribution < 1.29 is 18.4 Å². The molecule has 19 heavy (non-hydrogen) atoms. The van der Waals surface area contributed by atoms with Crippen LogP contribution in [0.5, 0.6) is 0 Å². The van der Waals surface area contributed by atoms with E-state index in [4.69, 9.17) is 5.73 Å². The van der Waals surface area contributed by atoms with Crippen LogP contribution in [0.2, 0.25) is 0 Å². The molecule has 0 saturated carbocycles. The summed E-state index contributed by atoms with van der Waals surface area (Å²) in [5.41, 5.74) is 4.88. The topological polar surface area (TPSA) is 72.2 Å². The molecule has 0 aromatic heterocycles. The second-order valence-corrected chi connectivity index (χ2v) is 5.43. The molecule has 104 valence electrons. The number of imide groups is 1. The van der Waals surface area contributed by atoms with Gasteiger partial charge in [0.1, 0.15) is 0 Å². The predicted molar refractivity (Wildman–Crippen MR) is 68.6 cm³/mol. The Morgan fingerprint density at radius 2 is 1.89 bits per heavy atom. The van der Waals surface area contributed by atoms with Gasteiger partial charge in [0.05, 0.1) is 5.25 Å². The van der Waals surface area contributed by atoms with Gasteiger partial charge in [-0.15, -0.1) is 11.8 Å². The number of primary amides is 1. The average molecular weight is 288 g/mol. The fourth-order valence-corrected chi connectivity index (χ4v) is 2.43. The van der Waals surface area contributed by atoms with Crippen LogP contribution in [0.25, 0.3) is 0 Å². The number of carbonyl (C=O) groups is 2. The number of nitrogens with one attached hydrogen (secondary N) is 1. The quantitative estimate of drug-likeness (QED) is 0.835. The molecule has 0 spiro atoms. The van der Waals surface area contributed by atoms with E-state index in [-0.39, 0.29) is 5.92 Å². The second-order valence-electron chi connectivity index (χ2n) is 4.21. The van der Waals surface area contributed by atoms with Crippen molar-refractivity contribution in [2.24, 2.45) is 11.7 Å². The molecule has 0 unspecified atom stereocenters. The molecule has 0 saturated heterocycles. The fourth-order valence-electron chi connectivity index (χ4n) is 1.38. The summed E-state index contributed by atoms with van der Waals surface area (Å²) < 4.78 is 25.9. The molecule has 0 heterocycles. The number of benzene rings is 1. The molecular weight excluding hydrogens is 274 g/mol. The van der Waals surface area contributed by atoms with Gasteiger partial charge in [0.15, 0.2) is 11.6 Å². The van der Waals surface area contributed by atoms with Gasteiger partial charge in [0, 0.05) is 4.90 Å². The van der Waals surface area contributed by atoms with Crippen LogP contribution in [-0.4, -0.2) is 17.2 Å². The van der Waals surface area contributed by atoms with E-state index in [0.717, 1.165) is 23.9 Å². The SMILES string of the molecule is CC(C)[C@@H](Sc1ccc(F)c(F)c1)C(=O)NC(N)=O. The van der Waals surface area contributed by atoms with E-state index < -0.39 is 28.8 Å². The van der Waals surface area contributed by atoms with Gasteiger partial charge >= 0.3 is 6.03 Å². The van der Waals surface area contributed by atoms with E-state index in [9.17, 15) is 18.4 Å². The van der Waals surface area contributed by atoms with Crippen molar-refractivity contribution in [3.05, 3.63) is 29.8 Å². The number of urea groups is 1. The fraction of sp³-hybridized carbons (Fsp3) is 0.333. The van der Waals surface area contributed by atoms with Crippen LogP contribution >= 0.6 is 11.8 Å². The molecule has 0 fully saturated rings. The van der Waals surface area contributed by atoms with Crippen molar-refractivity contribution in [1.82, 2.24) is 5.32 Å². The number of carbonyl (C=O) groups excluding carboxylic acids is 2. The highest BCUT2D eigenvalue weighted by Gasteiger charge is 2.24. The second kappa shape index (κ2) is 6.51. The molecule has 0 aliphatic rings. The van der Waals surface area contributed by atoms with E-state index in [1.807, 2.05) is 5.32 Å². The van der Waals surface area contributed by atoms with Gasteiger partial charge in [-0.2, -0.15) is 0 Å². The summed E-state index contributed by atoms with van der Waals surface area (Å²) in [5.74, 6) is -2.61. The summed E-state index contributed by atoms with van der Waals surface area (Å²) in [7, 11) is 0. The largest absolute Gasteiger partial charge is 0.351 e. The lowest BCUT2D eigenvalue weighted by Crippen LogP contribution is -2.42. The first-order valence-electron chi connectivity index (χ1n) is 5.53. The van der Waals surface area contributed by atoms with Crippen LogP contribution in [0.4, 0.5) is 13.6 Å². The van der Waals surface area contributed by atoms with Crippen molar-refractivity contribution in [2.45, 2.75) is 24.0 Å². The highest BCUT2D eigenvalue weighted by molar-refractivity contribution is 8.00. The Bertz CT molecular complexity index is 495. The van der Waals surface area contributed by atoms with Crippen molar-refractivity contribution >= 4 is 23.7 Å². The Balaban J connectivity index is 2.86. The smallest absolute Gasteiger partial charge is 0.318 e. The van der Waals surface area contributed by atoms with Crippen LogP contribution in [0, 0.1) is 17.6 Å². The number of hydrogen-bond acceptors (Lipinski definition) is 3. The van der Waals surface area contributed by atoms with Gasteiger partial charge in [-0.3, -0.25) is 10.1 Å². The van der Waals surface area contributed by atoms with E-state index in [1.165, 1.54) is 6.07 Å². The molecule has 1 aromatic carbocycles. The third-order valence-corrected chi connectivity index (χ3v) is 3.80. The minimum atomic E-state index is -0.984. The van der Waals surface area contributed by atoms with Gasteiger partial charge < -0.3 is 5.73 Å². The maximum Gasteiger partial charge on any atom is 0.318 e. The lowest BCUT2D eigenvalue weighted by molar-refractivity contribution is -0.120. The van der Waals surface area contributed by atoms with Crippen molar-refractivity contribution in [1.29, 1.82) is 0 Å². The van der Waals surface area contributed by atoms with E-state index in [2.05, 4.69) is 0 Å². The van der Waals surface area contributed by atoms with Gasteiger partial charge in [-0.1, -0.05) is 13.8 Å². The van der Waals surface area contributed by atoms with Crippen molar-refractivity contribution in [2.75, 3.05) is 0 Å². The lowest BCUT2D eigenvalue weighted by atomic mass is 10.1. The summed E-state index contributed by atoms with van der Waals surface area (Å²) in [5, 5.41) is 1.35. The molecule has 1 rings (SSSR count). The molecule has 0 bridgehead atoms. The summed E-state index contributed by atoms with van der Waals surface area (Å²) in [4.78, 5) is 22.8. The van der Waals surface area contributed by atoms with Gasteiger partial charge in [0.2, 0.25) is 5.91 Å². The molecule has 0 aliphatic carbocycles. The zero-order valence-electron chi connectivity index (χ0n) is 10.4. The molecule has 1 atom stereocenters. The Hall–Kier alpha value is -1.63. The molecule has 3 amide bonds. The van der Waals surface area contributed by atoms with Gasteiger partial charge in [0.25, 0.3) is 0 Å². The number of amides is 3. The molecule has 7 heteroatoms. The van der Waals surface area contributed by atoms with E-state index in [0.29, 0.717) is 4.90 Å². The third kappa shape index (κ3) is 4.51. The zero-order chi connectivity index (χ0) is 14.6. The first kappa shape index (κ1) is 15.4. The summed E-state index contributed by atoms with van der Waals surface area (Å²) in [6.07, 6.45) is 0. The van der Waals surface area contributed by atoms with Gasteiger partial charge in [-0.25, -0.2) is 13.6 Å². The van der Waals surface area contributed by atoms with Crippen molar-refractivity contribution in [3.8, 4) is 0 Å². The number of nitrogens with two attached hydrogens (primary N) is 1. The Labute approximate surface area is 113 Å². The maximum atomic E-state index is 13.1. The summed E-state index contributed by atoms with van der Waals surface area (Å²) in [6.45, 7) is 3.55. The number of hydrogen-bond donors (Lipinski definition) is 2. The Morgan fingerprint density at radius 1 is 1.26 bits per heavy atom. The maximum absolute atomic E-state index is 13.1. The molecule has 4 nitrogen and oxygen atoms in total. The monoisotopic (exact) mass is 288 g/mol. The third-order valence-electron chi connectivity index (χ3n) is 2.26. The molecular formula is C12H14F2N2O2S. The normalized spacial score (nSPS) is 12.3. The summed E-state index contributed by atoms with van der Waals surface area (Å²) in [6, 6.07) is 2.42. The number of halogens is 2. The predicted octanol–water partition coefficient (Wildman–Crippen LogP) is 2.28. The molecule has 0 aliphatic heterocycles. The van der Waals surface area contributed by atoms with Crippen LogP contribution in [0.15, 0.2) is 23.1 Å². The van der Waals surface area contributed by atoms with Crippen LogP contribution in [-0.2, 0) is 4.79 Å². The minimum absolute atomic E-state index is 0.113. The average Bonchev–Trinajstić information content (AvgIpc) is 2.29. The van der Waals surface area contributed by atoms with Crippen LogP contribution in [0.3, 0.4) is 0 Å². The Morgan fingerprint density at radius 3 is 2.37 bits per heavy atom. The van der Waals surface area contributed by atoms with Gasteiger partial charge in [-0.05, 0) is 24.1 Å². The highest BCUT2D eigenvalue weighted by Crippen LogP contribution is 2.29. The Kier molecular flexibility index (Phi) is 5.29. The number of thioether (sulfide) groups is 1. The van der Waals surface area contributed by atoms with Crippen molar-refractivity contribution in [3.63, 3.8) is 0 Å². The summed E-state index contributed by atoms with van der Waals surface area (Å²) >= 11 is 1.04.